The first kappa shape index (κ1) is 17.7. The van der Waals surface area contributed by atoms with Crippen LogP contribution in [-0.4, -0.2) is 44.5 Å². The minimum absolute atomic E-state index is 0.0470. The number of carbonyl (C=O) groups is 1. The molecule has 1 fully saturated rings. The molecule has 4 rings (SSSR count). The van der Waals surface area contributed by atoms with E-state index in [4.69, 9.17) is 16.6 Å². The van der Waals surface area contributed by atoms with Crippen molar-refractivity contribution in [3.63, 3.8) is 0 Å². The number of fused-ring (bicyclic) bond motifs is 1. The van der Waals surface area contributed by atoms with Crippen LogP contribution in [0.25, 0.3) is 22.4 Å². The molecule has 0 saturated carbocycles. The molecule has 0 aromatic carbocycles. The SMILES string of the molecule is CC(C)NC(=O)[C@H]1CCCN1c1ccnc(-c2c[nH]c3ncc(Cl)cc23)n1. The molecule has 1 aliphatic rings. The Bertz CT molecular complexity index is 985. The van der Waals surface area contributed by atoms with E-state index >= 15 is 0 Å². The van der Waals surface area contributed by atoms with Crippen molar-refractivity contribution in [1.29, 1.82) is 0 Å². The first-order valence-electron chi connectivity index (χ1n) is 9.06. The minimum Gasteiger partial charge on any atom is -0.352 e. The molecule has 7 nitrogen and oxygen atoms in total. The van der Waals surface area contributed by atoms with Crippen LogP contribution in [0.2, 0.25) is 5.02 Å². The number of nitrogens with zero attached hydrogens (tertiary/aromatic N) is 4. The molecule has 3 aromatic heterocycles. The lowest BCUT2D eigenvalue weighted by atomic mass is 10.2. The monoisotopic (exact) mass is 384 g/mol. The zero-order chi connectivity index (χ0) is 19.0. The molecule has 27 heavy (non-hydrogen) atoms. The Hall–Kier alpha value is -2.67. The van der Waals surface area contributed by atoms with Gasteiger partial charge in [0.1, 0.15) is 17.5 Å². The average molecular weight is 385 g/mol. The van der Waals surface area contributed by atoms with Crippen LogP contribution in [0.5, 0.6) is 0 Å². The van der Waals surface area contributed by atoms with Gasteiger partial charge in [-0.25, -0.2) is 15.0 Å². The fourth-order valence-electron chi connectivity index (χ4n) is 3.50. The van der Waals surface area contributed by atoms with Gasteiger partial charge in [0.2, 0.25) is 5.91 Å². The quantitative estimate of drug-likeness (QED) is 0.721. The number of H-pyrrole nitrogens is 1. The molecule has 0 spiro atoms. The van der Waals surface area contributed by atoms with E-state index in [-0.39, 0.29) is 18.0 Å². The Balaban J connectivity index is 1.68. The fourth-order valence-corrected chi connectivity index (χ4v) is 3.65. The van der Waals surface area contributed by atoms with Crippen molar-refractivity contribution in [2.45, 2.75) is 38.8 Å². The molecule has 8 heteroatoms. The van der Waals surface area contributed by atoms with Crippen LogP contribution in [0.4, 0.5) is 5.82 Å². The highest BCUT2D eigenvalue weighted by Crippen LogP contribution is 2.30. The van der Waals surface area contributed by atoms with E-state index in [1.165, 1.54) is 0 Å². The van der Waals surface area contributed by atoms with Crippen molar-refractivity contribution in [3.05, 3.63) is 35.7 Å². The van der Waals surface area contributed by atoms with Crippen molar-refractivity contribution >= 4 is 34.4 Å². The highest BCUT2D eigenvalue weighted by Gasteiger charge is 2.32. The maximum Gasteiger partial charge on any atom is 0.242 e. The number of aromatic amines is 1. The molecule has 1 amide bonds. The zero-order valence-electron chi connectivity index (χ0n) is 15.2. The molecule has 140 valence electrons. The number of anilines is 1. The Morgan fingerprint density at radius 2 is 2.26 bits per heavy atom. The lowest BCUT2D eigenvalue weighted by Crippen LogP contribution is -2.45. The third-order valence-electron chi connectivity index (χ3n) is 4.66. The van der Waals surface area contributed by atoms with Crippen molar-refractivity contribution in [1.82, 2.24) is 25.3 Å². The van der Waals surface area contributed by atoms with Crippen LogP contribution in [0.15, 0.2) is 30.7 Å². The molecule has 0 unspecified atom stereocenters. The molecule has 0 radical (unpaired) electrons. The van der Waals surface area contributed by atoms with Gasteiger partial charge in [0.25, 0.3) is 0 Å². The van der Waals surface area contributed by atoms with Gasteiger partial charge in [0.15, 0.2) is 5.82 Å². The maximum absolute atomic E-state index is 12.5. The fraction of sp³-hybridized carbons (Fsp3) is 0.368. The Morgan fingerprint density at radius 3 is 3.07 bits per heavy atom. The van der Waals surface area contributed by atoms with Gasteiger partial charge in [0, 0.05) is 42.1 Å². The number of nitrogens with one attached hydrogen (secondary N) is 2. The lowest BCUT2D eigenvalue weighted by Gasteiger charge is -2.25. The Labute approximate surface area is 162 Å². The zero-order valence-corrected chi connectivity index (χ0v) is 16.0. The number of hydrogen-bond acceptors (Lipinski definition) is 5. The van der Waals surface area contributed by atoms with Crippen LogP contribution < -0.4 is 10.2 Å². The van der Waals surface area contributed by atoms with Gasteiger partial charge < -0.3 is 15.2 Å². The number of pyridine rings is 1. The van der Waals surface area contributed by atoms with E-state index in [0.29, 0.717) is 10.8 Å². The largest absolute Gasteiger partial charge is 0.352 e. The summed E-state index contributed by atoms with van der Waals surface area (Å²) in [6.07, 6.45) is 6.94. The van der Waals surface area contributed by atoms with E-state index in [9.17, 15) is 4.79 Å². The van der Waals surface area contributed by atoms with Crippen LogP contribution in [0, 0.1) is 0 Å². The van der Waals surface area contributed by atoms with Gasteiger partial charge in [-0.05, 0) is 38.8 Å². The van der Waals surface area contributed by atoms with Crippen molar-refractivity contribution in [3.8, 4) is 11.4 Å². The van der Waals surface area contributed by atoms with Gasteiger partial charge in [0.05, 0.1) is 5.02 Å². The summed E-state index contributed by atoms with van der Waals surface area (Å²) in [5.41, 5.74) is 1.57. The minimum atomic E-state index is -0.200. The summed E-state index contributed by atoms with van der Waals surface area (Å²) >= 11 is 6.10. The summed E-state index contributed by atoms with van der Waals surface area (Å²) < 4.78 is 0. The van der Waals surface area contributed by atoms with Crippen LogP contribution in [0.1, 0.15) is 26.7 Å². The van der Waals surface area contributed by atoms with E-state index in [1.807, 2.05) is 32.2 Å². The van der Waals surface area contributed by atoms with Crippen LogP contribution in [0.3, 0.4) is 0 Å². The Kier molecular flexibility index (Phi) is 4.70. The molecule has 1 saturated heterocycles. The van der Waals surface area contributed by atoms with Gasteiger partial charge in [-0.2, -0.15) is 0 Å². The van der Waals surface area contributed by atoms with Crippen molar-refractivity contribution in [2.24, 2.45) is 0 Å². The maximum atomic E-state index is 12.5. The van der Waals surface area contributed by atoms with Gasteiger partial charge in [-0.3, -0.25) is 4.79 Å². The lowest BCUT2D eigenvalue weighted by molar-refractivity contribution is -0.122. The number of amides is 1. The second kappa shape index (κ2) is 7.15. The van der Waals surface area contributed by atoms with Gasteiger partial charge in [-0.1, -0.05) is 11.6 Å². The highest BCUT2D eigenvalue weighted by atomic mass is 35.5. The number of carbonyl (C=O) groups excluding carboxylic acids is 1. The van der Waals surface area contributed by atoms with E-state index in [1.54, 1.807) is 12.4 Å². The van der Waals surface area contributed by atoms with Crippen LogP contribution >= 0.6 is 11.6 Å². The van der Waals surface area contributed by atoms with Gasteiger partial charge in [-0.15, -0.1) is 0 Å². The normalized spacial score (nSPS) is 17.0. The summed E-state index contributed by atoms with van der Waals surface area (Å²) in [4.78, 5) is 31.2. The molecular formula is C19H21ClN6O. The van der Waals surface area contributed by atoms with Crippen molar-refractivity contribution in [2.75, 3.05) is 11.4 Å². The third kappa shape index (κ3) is 3.47. The number of halogens is 1. The molecule has 2 N–H and O–H groups in total. The summed E-state index contributed by atoms with van der Waals surface area (Å²) in [6, 6.07) is 3.61. The second-order valence-corrected chi connectivity index (χ2v) is 7.44. The Morgan fingerprint density at radius 1 is 1.41 bits per heavy atom. The third-order valence-corrected chi connectivity index (χ3v) is 4.87. The first-order chi connectivity index (χ1) is 13.0. The van der Waals surface area contributed by atoms with Gasteiger partial charge >= 0.3 is 0 Å². The van der Waals surface area contributed by atoms with E-state index in [2.05, 4.69) is 25.2 Å². The standard InChI is InChI=1S/C19H21ClN6O/c1-11(2)24-19(27)15-4-3-7-26(15)16-5-6-21-18(25-16)14-10-23-17-13(14)8-12(20)9-22-17/h5-6,8-11,15H,3-4,7H2,1-2H3,(H,22,23)(H,24,27)/t15-/m1/s1. The average Bonchev–Trinajstić information content (AvgIpc) is 3.28. The molecule has 4 heterocycles. The molecular weight excluding hydrogens is 364 g/mol. The number of rotatable bonds is 4. The molecule has 3 aromatic rings. The smallest absolute Gasteiger partial charge is 0.242 e. The predicted molar refractivity (Wildman–Crippen MR) is 106 cm³/mol. The van der Waals surface area contributed by atoms with Crippen LogP contribution in [-0.2, 0) is 4.79 Å². The van der Waals surface area contributed by atoms with E-state index < -0.39 is 0 Å². The second-order valence-electron chi connectivity index (χ2n) is 7.01. The predicted octanol–water partition coefficient (Wildman–Crippen LogP) is 3.17. The topological polar surface area (TPSA) is 86.8 Å². The molecule has 1 aliphatic heterocycles. The summed E-state index contributed by atoms with van der Waals surface area (Å²) in [5, 5.41) is 4.44. The summed E-state index contributed by atoms with van der Waals surface area (Å²) in [7, 11) is 0. The summed E-state index contributed by atoms with van der Waals surface area (Å²) in [5.74, 6) is 1.38. The summed E-state index contributed by atoms with van der Waals surface area (Å²) in [6.45, 7) is 4.74. The molecule has 0 aliphatic carbocycles. The number of aromatic nitrogens is 4. The van der Waals surface area contributed by atoms with Crippen molar-refractivity contribution < 1.29 is 4.79 Å². The number of hydrogen-bond donors (Lipinski definition) is 2. The molecule has 1 atom stereocenters. The highest BCUT2D eigenvalue weighted by molar-refractivity contribution is 6.31. The molecule has 0 bridgehead atoms. The first-order valence-corrected chi connectivity index (χ1v) is 9.44. The van der Waals surface area contributed by atoms with E-state index in [0.717, 1.165) is 41.8 Å².